The molecule has 6 heteroatoms. The molecule has 3 rings (SSSR count). The van der Waals surface area contributed by atoms with E-state index < -0.39 is 10.2 Å². The Morgan fingerprint density at radius 3 is 2.55 bits per heavy atom. The van der Waals surface area contributed by atoms with Crippen molar-refractivity contribution in [2.24, 2.45) is 5.92 Å². The summed E-state index contributed by atoms with van der Waals surface area (Å²) in [5, 5.41) is 3.42. The fourth-order valence-corrected chi connectivity index (χ4v) is 4.75. The van der Waals surface area contributed by atoms with E-state index in [0.29, 0.717) is 19.0 Å². The van der Waals surface area contributed by atoms with Crippen LogP contribution < -0.4 is 5.32 Å². The normalized spacial score (nSPS) is 24.6. The maximum Gasteiger partial charge on any atom is 0.282 e. The van der Waals surface area contributed by atoms with Crippen LogP contribution in [0.2, 0.25) is 0 Å². The molecule has 2 unspecified atom stereocenters. The first-order valence-corrected chi connectivity index (χ1v) is 9.43. The second-order valence-electron chi connectivity index (χ2n) is 6.46. The van der Waals surface area contributed by atoms with E-state index in [0.717, 1.165) is 24.9 Å². The summed E-state index contributed by atoms with van der Waals surface area (Å²) in [6.07, 6.45) is 3.15. The molecule has 0 radical (unpaired) electrons. The van der Waals surface area contributed by atoms with Gasteiger partial charge in [0, 0.05) is 37.9 Å². The standard InChI is InChI=1S/C16H25N3O2S/c1-13(14-8-9-14)18(2)22(20,21)19-11-10-16(12-19)17-15-6-4-3-5-7-15/h3-7,13-14,16-17H,8-12H2,1-2H3. The average Bonchev–Trinajstić information content (AvgIpc) is 3.26. The van der Waals surface area contributed by atoms with E-state index in [1.54, 1.807) is 15.7 Å². The number of nitrogens with one attached hydrogen (secondary N) is 1. The summed E-state index contributed by atoms with van der Waals surface area (Å²) in [6, 6.07) is 10.3. The molecule has 1 aromatic rings. The lowest BCUT2D eigenvalue weighted by Crippen LogP contribution is -2.46. The Labute approximate surface area is 133 Å². The second kappa shape index (κ2) is 6.18. The third-order valence-electron chi connectivity index (χ3n) is 4.86. The van der Waals surface area contributed by atoms with Crippen LogP contribution in [-0.2, 0) is 10.2 Å². The topological polar surface area (TPSA) is 52.7 Å². The van der Waals surface area contributed by atoms with Gasteiger partial charge in [-0.3, -0.25) is 0 Å². The molecular formula is C16H25N3O2S. The summed E-state index contributed by atoms with van der Waals surface area (Å²) in [5.41, 5.74) is 1.05. The maximum absolute atomic E-state index is 12.7. The van der Waals surface area contributed by atoms with Crippen LogP contribution in [0, 0.1) is 5.92 Å². The lowest BCUT2D eigenvalue weighted by molar-refractivity contribution is 0.323. The zero-order valence-corrected chi connectivity index (χ0v) is 14.1. The molecule has 2 aliphatic rings. The van der Waals surface area contributed by atoms with Crippen molar-refractivity contribution in [3.63, 3.8) is 0 Å². The summed E-state index contributed by atoms with van der Waals surface area (Å²) in [4.78, 5) is 0. The van der Waals surface area contributed by atoms with Crippen LogP contribution in [0.5, 0.6) is 0 Å². The van der Waals surface area contributed by atoms with E-state index in [2.05, 4.69) is 5.32 Å². The van der Waals surface area contributed by atoms with Gasteiger partial charge in [0.05, 0.1) is 0 Å². The van der Waals surface area contributed by atoms with Crippen molar-refractivity contribution in [3.05, 3.63) is 30.3 Å². The van der Waals surface area contributed by atoms with Gasteiger partial charge in [0.2, 0.25) is 0 Å². The Hall–Kier alpha value is -1.11. The van der Waals surface area contributed by atoms with E-state index in [9.17, 15) is 8.42 Å². The molecule has 1 N–H and O–H groups in total. The smallest absolute Gasteiger partial charge is 0.282 e. The van der Waals surface area contributed by atoms with Gasteiger partial charge in [0.1, 0.15) is 0 Å². The summed E-state index contributed by atoms with van der Waals surface area (Å²) >= 11 is 0. The van der Waals surface area contributed by atoms with Crippen LogP contribution >= 0.6 is 0 Å². The van der Waals surface area contributed by atoms with Crippen LogP contribution in [0.25, 0.3) is 0 Å². The Morgan fingerprint density at radius 1 is 1.23 bits per heavy atom. The molecule has 5 nitrogen and oxygen atoms in total. The number of hydrogen-bond donors (Lipinski definition) is 1. The molecule has 1 heterocycles. The summed E-state index contributed by atoms with van der Waals surface area (Å²) < 4.78 is 28.6. The summed E-state index contributed by atoms with van der Waals surface area (Å²) in [6.45, 7) is 3.15. The highest BCUT2D eigenvalue weighted by Gasteiger charge is 2.40. The highest BCUT2D eigenvalue weighted by atomic mass is 32.2. The Kier molecular flexibility index (Phi) is 4.43. The number of hydrogen-bond acceptors (Lipinski definition) is 3. The molecule has 1 aromatic carbocycles. The third kappa shape index (κ3) is 3.29. The van der Waals surface area contributed by atoms with Gasteiger partial charge in [-0.05, 0) is 44.2 Å². The van der Waals surface area contributed by atoms with Crippen molar-refractivity contribution in [2.75, 3.05) is 25.5 Å². The minimum absolute atomic E-state index is 0.103. The Morgan fingerprint density at radius 2 is 1.91 bits per heavy atom. The molecule has 1 saturated heterocycles. The van der Waals surface area contributed by atoms with E-state index in [4.69, 9.17) is 0 Å². The quantitative estimate of drug-likeness (QED) is 0.873. The second-order valence-corrected chi connectivity index (χ2v) is 8.44. The van der Waals surface area contributed by atoms with Gasteiger partial charge in [0.15, 0.2) is 0 Å². The highest BCUT2D eigenvalue weighted by molar-refractivity contribution is 7.86. The van der Waals surface area contributed by atoms with Crippen LogP contribution in [0.1, 0.15) is 26.2 Å². The Balaban J connectivity index is 1.61. The van der Waals surface area contributed by atoms with Gasteiger partial charge < -0.3 is 5.32 Å². The molecule has 0 amide bonds. The number of para-hydroxylation sites is 1. The van der Waals surface area contributed by atoms with Crippen molar-refractivity contribution >= 4 is 15.9 Å². The van der Waals surface area contributed by atoms with Gasteiger partial charge in [-0.25, -0.2) is 0 Å². The van der Waals surface area contributed by atoms with Crippen LogP contribution in [0.3, 0.4) is 0 Å². The van der Waals surface area contributed by atoms with E-state index >= 15 is 0 Å². The molecule has 0 aromatic heterocycles. The zero-order valence-electron chi connectivity index (χ0n) is 13.3. The van der Waals surface area contributed by atoms with Crippen LogP contribution in [0.4, 0.5) is 5.69 Å². The fourth-order valence-electron chi connectivity index (χ4n) is 3.09. The highest BCUT2D eigenvalue weighted by Crippen LogP contribution is 2.36. The van der Waals surface area contributed by atoms with Crippen molar-refractivity contribution < 1.29 is 8.42 Å². The first kappa shape index (κ1) is 15.8. The molecule has 22 heavy (non-hydrogen) atoms. The van der Waals surface area contributed by atoms with E-state index in [1.807, 2.05) is 37.3 Å². The minimum atomic E-state index is -3.34. The third-order valence-corrected chi connectivity index (χ3v) is 6.91. The average molecular weight is 323 g/mol. The van der Waals surface area contributed by atoms with Gasteiger partial charge in [-0.1, -0.05) is 18.2 Å². The fraction of sp³-hybridized carbons (Fsp3) is 0.625. The SMILES string of the molecule is CC(C1CC1)N(C)S(=O)(=O)N1CCC(Nc2ccccc2)C1. The monoisotopic (exact) mass is 323 g/mol. The zero-order chi connectivity index (χ0) is 15.7. The van der Waals surface area contributed by atoms with Gasteiger partial charge in [-0.15, -0.1) is 0 Å². The molecular weight excluding hydrogens is 298 g/mol. The predicted octanol–water partition coefficient (Wildman–Crippen LogP) is 2.15. The van der Waals surface area contributed by atoms with Gasteiger partial charge >= 0.3 is 0 Å². The lowest BCUT2D eigenvalue weighted by atomic mass is 10.2. The molecule has 1 saturated carbocycles. The van der Waals surface area contributed by atoms with E-state index in [-0.39, 0.29) is 12.1 Å². The Bertz CT molecular complexity index is 601. The number of benzene rings is 1. The first-order chi connectivity index (χ1) is 10.5. The van der Waals surface area contributed by atoms with Crippen molar-refractivity contribution in [1.82, 2.24) is 8.61 Å². The van der Waals surface area contributed by atoms with Crippen LogP contribution in [0.15, 0.2) is 30.3 Å². The maximum atomic E-state index is 12.7. The number of anilines is 1. The molecule has 122 valence electrons. The van der Waals surface area contributed by atoms with Crippen molar-refractivity contribution in [2.45, 2.75) is 38.3 Å². The molecule has 0 bridgehead atoms. The predicted molar refractivity (Wildman–Crippen MR) is 88.9 cm³/mol. The van der Waals surface area contributed by atoms with Gasteiger partial charge in [0.25, 0.3) is 10.2 Å². The number of rotatable bonds is 6. The minimum Gasteiger partial charge on any atom is -0.381 e. The van der Waals surface area contributed by atoms with Crippen molar-refractivity contribution in [1.29, 1.82) is 0 Å². The summed E-state index contributed by atoms with van der Waals surface area (Å²) in [5.74, 6) is 0.542. The first-order valence-electron chi connectivity index (χ1n) is 8.03. The summed E-state index contributed by atoms with van der Waals surface area (Å²) in [7, 11) is -1.62. The molecule has 1 aliphatic carbocycles. The van der Waals surface area contributed by atoms with Crippen LogP contribution in [-0.4, -0.2) is 49.2 Å². The lowest BCUT2D eigenvalue weighted by Gasteiger charge is -2.29. The van der Waals surface area contributed by atoms with Crippen molar-refractivity contribution in [3.8, 4) is 0 Å². The van der Waals surface area contributed by atoms with Gasteiger partial charge in [-0.2, -0.15) is 17.0 Å². The largest absolute Gasteiger partial charge is 0.381 e. The number of nitrogens with zero attached hydrogens (tertiary/aromatic N) is 2. The van der Waals surface area contributed by atoms with E-state index in [1.165, 1.54) is 0 Å². The molecule has 0 spiro atoms. The molecule has 2 atom stereocenters. The molecule has 2 fully saturated rings. The molecule has 1 aliphatic heterocycles.